The molecule has 5 heteroatoms. The number of ether oxygens (including phenoxy) is 1. The van der Waals surface area contributed by atoms with E-state index in [1.807, 2.05) is 6.92 Å². The van der Waals surface area contributed by atoms with Gasteiger partial charge in [0.1, 0.15) is 12.4 Å². The normalized spacial score (nSPS) is 11.3. The summed E-state index contributed by atoms with van der Waals surface area (Å²) in [7, 11) is -3.68. The molecule has 0 saturated carbocycles. The van der Waals surface area contributed by atoms with Crippen LogP contribution in [0.5, 0.6) is 5.75 Å². The van der Waals surface area contributed by atoms with E-state index < -0.39 is 10.0 Å². The van der Waals surface area contributed by atoms with Gasteiger partial charge in [0.25, 0.3) is 0 Å². The van der Waals surface area contributed by atoms with Gasteiger partial charge in [0, 0.05) is 0 Å². The molecule has 2 N–H and O–H groups in total. The summed E-state index contributed by atoms with van der Waals surface area (Å²) in [5.74, 6) is 0.651. The zero-order valence-electron chi connectivity index (χ0n) is 10.3. The number of sulfonamides is 1. The first-order chi connectivity index (χ1) is 7.71. The van der Waals surface area contributed by atoms with Gasteiger partial charge in [0.2, 0.25) is 10.0 Å². The highest BCUT2D eigenvalue weighted by molar-refractivity contribution is 7.89. The molecule has 0 spiro atoms. The summed E-state index contributed by atoms with van der Waals surface area (Å²) in [5.41, 5.74) is 2.22. The van der Waals surface area contributed by atoms with Gasteiger partial charge in [-0.05, 0) is 49.6 Å². The molecule has 0 radical (unpaired) electrons. The molecule has 1 rings (SSSR count). The van der Waals surface area contributed by atoms with Crippen molar-refractivity contribution in [3.63, 3.8) is 0 Å². The summed E-state index contributed by atoms with van der Waals surface area (Å²) in [5, 5.41) is 5.12. The quantitative estimate of drug-likeness (QED) is 0.835. The fourth-order valence-corrected chi connectivity index (χ4v) is 2.27. The lowest BCUT2D eigenvalue weighted by molar-refractivity contribution is 0.349. The van der Waals surface area contributed by atoms with Crippen LogP contribution >= 0.6 is 0 Å². The van der Waals surface area contributed by atoms with E-state index in [0.717, 1.165) is 11.1 Å². The lowest BCUT2D eigenvalue weighted by Gasteiger charge is -2.12. The van der Waals surface area contributed by atoms with Crippen molar-refractivity contribution in [1.82, 2.24) is 0 Å². The van der Waals surface area contributed by atoms with E-state index in [1.165, 1.54) is 6.07 Å². The van der Waals surface area contributed by atoms with Crippen molar-refractivity contribution in [2.75, 3.05) is 6.61 Å². The fourth-order valence-electron chi connectivity index (χ4n) is 1.43. The Bertz CT molecular complexity index is 547. The SMILES string of the molecule is C=C(C)COc1cc(C)c(S(N)(=O)=O)cc1C. The molecule has 0 saturated heterocycles. The first kappa shape index (κ1) is 13.7. The van der Waals surface area contributed by atoms with E-state index in [-0.39, 0.29) is 4.90 Å². The standard InChI is InChI=1S/C12H17NO3S/c1-8(2)7-16-11-5-10(4)12(6-9(11)3)17(13,14)15/h5-6H,1,7H2,2-4H3,(H2,13,14,15). The molecule has 0 aromatic heterocycles. The van der Waals surface area contributed by atoms with Gasteiger partial charge in [-0.25, -0.2) is 13.6 Å². The number of hydrogen-bond donors (Lipinski definition) is 1. The van der Waals surface area contributed by atoms with Crippen molar-refractivity contribution < 1.29 is 13.2 Å². The van der Waals surface area contributed by atoms with Gasteiger partial charge in [-0.2, -0.15) is 0 Å². The highest BCUT2D eigenvalue weighted by Crippen LogP contribution is 2.25. The van der Waals surface area contributed by atoms with Gasteiger partial charge >= 0.3 is 0 Å². The average Bonchev–Trinajstić information content (AvgIpc) is 2.17. The van der Waals surface area contributed by atoms with E-state index in [0.29, 0.717) is 17.9 Å². The molecule has 1 aromatic rings. The second-order valence-corrected chi connectivity index (χ2v) is 5.70. The lowest BCUT2D eigenvalue weighted by atomic mass is 10.1. The van der Waals surface area contributed by atoms with Crippen LogP contribution in [-0.2, 0) is 10.0 Å². The molecule has 0 aliphatic heterocycles. The minimum atomic E-state index is -3.68. The second kappa shape index (κ2) is 4.89. The molecule has 0 amide bonds. The highest BCUT2D eigenvalue weighted by atomic mass is 32.2. The van der Waals surface area contributed by atoms with E-state index in [9.17, 15) is 8.42 Å². The maximum atomic E-state index is 11.3. The average molecular weight is 255 g/mol. The van der Waals surface area contributed by atoms with Crippen molar-refractivity contribution >= 4 is 10.0 Å². The Labute approximate surface area is 102 Å². The van der Waals surface area contributed by atoms with Crippen LogP contribution in [0.1, 0.15) is 18.1 Å². The number of nitrogens with two attached hydrogens (primary N) is 1. The largest absolute Gasteiger partial charge is 0.489 e. The van der Waals surface area contributed by atoms with Crippen LogP contribution in [0.25, 0.3) is 0 Å². The Morgan fingerprint density at radius 1 is 1.35 bits per heavy atom. The van der Waals surface area contributed by atoms with E-state index in [4.69, 9.17) is 9.88 Å². The van der Waals surface area contributed by atoms with Gasteiger partial charge in [-0.1, -0.05) is 6.58 Å². The summed E-state index contributed by atoms with van der Waals surface area (Å²) >= 11 is 0. The Hall–Kier alpha value is -1.33. The number of hydrogen-bond acceptors (Lipinski definition) is 3. The first-order valence-electron chi connectivity index (χ1n) is 5.13. The lowest BCUT2D eigenvalue weighted by Crippen LogP contribution is -2.14. The van der Waals surface area contributed by atoms with Crippen LogP contribution in [0.4, 0.5) is 0 Å². The topological polar surface area (TPSA) is 69.4 Å². The molecular weight excluding hydrogens is 238 g/mol. The maximum Gasteiger partial charge on any atom is 0.238 e. The zero-order chi connectivity index (χ0) is 13.2. The van der Waals surface area contributed by atoms with Gasteiger partial charge in [-0.3, -0.25) is 0 Å². The Morgan fingerprint density at radius 3 is 2.41 bits per heavy atom. The predicted molar refractivity (Wildman–Crippen MR) is 67.6 cm³/mol. The Balaban J connectivity index is 3.14. The van der Waals surface area contributed by atoms with E-state index in [2.05, 4.69) is 6.58 Å². The summed E-state index contributed by atoms with van der Waals surface area (Å²) < 4.78 is 28.1. The van der Waals surface area contributed by atoms with Crippen LogP contribution in [0.3, 0.4) is 0 Å². The van der Waals surface area contributed by atoms with Crippen molar-refractivity contribution in [2.24, 2.45) is 5.14 Å². The van der Waals surface area contributed by atoms with Gasteiger partial charge in [-0.15, -0.1) is 0 Å². The number of aryl methyl sites for hydroxylation is 2. The number of primary sulfonamides is 1. The van der Waals surface area contributed by atoms with Crippen LogP contribution < -0.4 is 9.88 Å². The molecule has 4 nitrogen and oxygen atoms in total. The summed E-state index contributed by atoms with van der Waals surface area (Å²) in [4.78, 5) is 0.137. The molecule has 0 heterocycles. The van der Waals surface area contributed by atoms with Crippen molar-refractivity contribution in [2.45, 2.75) is 25.7 Å². The fraction of sp³-hybridized carbons (Fsp3) is 0.333. The van der Waals surface area contributed by atoms with Crippen LogP contribution in [0, 0.1) is 13.8 Å². The second-order valence-electron chi connectivity index (χ2n) is 4.17. The third-order valence-electron chi connectivity index (χ3n) is 2.25. The predicted octanol–water partition coefficient (Wildman–Crippen LogP) is 1.91. The monoisotopic (exact) mass is 255 g/mol. The van der Waals surface area contributed by atoms with Gasteiger partial charge in [0.05, 0.1) is 4.90 Å². The van der Waals surface area contributed by atoms with Crippen LogP contribution in [0.2, 0.25) is 0 Å². The molecule has 17 heavy (non-hydrogen) atoms. The smallest absolute Gasteiger partial charge is 0.238 e. The Morgan fingerprint density at radius 2 is 1.94 bits per heavy atom. The zero-order valence-corrected chi connectivity index (χ0v) is 11.1. The van der Waals surface area contributed by atoms with Crippen LogP contribution in [-0.4, -0.2) is 15.0 Å². The minimum absolute atomic E-state index is 0.137. The maximum absolute atomic E-state index is 11.3. The summed E-state index contributed by atoms with van der Waals surface area (Å²) in [6.07, 6.45) is 0. The molecule has 94 valence electrons. The molecule has 0 bridgehead atoms. The molecule has 0 unspecified atom stereocenters. The van der Waals surface area contributed by atoms with Crippen molar-refractivity contribution in [3.8, 4) is 5.75 Å². The van der Waals surface area contributed by atoms with Gasteiger partial charge in [0.15, 0.2) is 0 Å². The number of rotatable bonds is 4. The molecule has 0 atom stereocenters. The van der Waals surface area contributed by atoms with Crippen LogP contribution in [0.15, 0.2) is 29.2 Å². The third kappa shape index (κ3) is 3.57. The van der Waals surface area contributed by atoms with E-state index >= 15 is 0 Å². The summed E-state index contributed by atoms with van der Waals surface area (Å²) in [6.45, 7) is 9.48. The number of benzene rings is 1. The van der Waals surface area contributed by atoms with E-state index in [1.54, 1.807) is 19.9 Å². The van der Waals surface area contributed by atoms with Crippen molar-refractivity contribution in [3.05, 3.63) is 35.4 Å². The Kier molecular flexibility index (Phi) is 3.95. The third-order valence-corrected chi connectivity index (χ3v) is 3.31. The minimum Gasteiger partial charge on any atom is -0.489 e. The van der Waals surface area contributed by atoms with Gasteiger partial charge < -0.3 is 4.74 Å². The first-order valence-corrected chi connectivity index (χ1v) is 6.67. The summed E-state index contributed by atoms with van der Waals surface area (Å²) in [6, 6.07) is 3.20. The van der Waals surface area contributed by atoms with Crippen molar-refractivity contribution in [1.29, 1.82) is 0 Å². The molecule has 0 aliphatic carbocycles. The molecular formula is C12H17NO3S. The highest BCUT2D eigenvalue weighted by Gasteiger charge is 2.14. The molecule has 1 aromatic carbocycles. The molecule has 0 fully saturated rings. The molecule has 0 aliphatic rings.